The molecule has 2 aliphatic rings. The molecule has 1 saturated carbocycles. The highest BCUT2D eigenvalue weighted by atomic mass is 35.5. The van der Waals surface area contributed by atoms with E-state index in [0.717, 1.165) is 23.7 Å². The fourth-order valence-corrected chi connectivity index (χ4v) is 5.13. The van der Waals surface area contributed by atoms with E-state index in [2.05, 4.69) is 25.7 Å². The van der Waals surface area contributed by atoms with Crippen LogP contribution in [0.5, 0.6) is 0 Å². The number of likely N-dealkylation sites (tertiary alicyclic amines) is 1. The summed E-state index contributed by atoms with van der Waals surface area (Å²) in [7, 11) is 0. The SMILES string of the molecule is CC1(C)C[C@H]2C[C@](C)(CN2C[C@H](O)COCc2ccc(Cl)cc2)C1. The Kier molecular flexibility index (Phi) is 5.27. The Morgan fingerprint density at radius 3 is 2.67 bits per heavy atom. The quantitative estimate of drug-likeness (QED) is 0.836. The summed E-state index contributed by atoms with van der Waals surface area (Å²) in [6.45, 7) is 9.89. The Hall–Kier alpha value is -0.610. The molecule has 3 atom stereocenters. The van der Waals surface area contributed by atoms with Crippen LogP contribution < -0.4 is 0 Å². The molecule has 2 fully saturated rings. The molecule has 3 nitrogen and oxygen atoms in total. The van der Waals surface area contributed by atoms with E-state index in [1.807, 2.05) is 24.3 Å². The van der Waals surface area contributed by atoms with Crippen LogP contribution in [0, 0.1) is 10.8 Å². The van der Waals surface area contributed by atoms with Crippen LogP contribution >= 0.6 is 11.6 Å². The number of ether oxygens (including phenoxy) is 1. The van der Waals surface area contributed by atoms with Gasteiger partial charge >= 0.3 is 0 Å². The predicted octanol–water partition coefficient (Wildman–Crippen LogP) is 4.12. The van der Waals surface area contributed by atoms with Crippen LogP contribution in [0.2, 0.25) is 5.02 Å². The Labute approximate surface area is 150 Å². The van der Waals surface area contributed by atoms with E-state index >= 15 is 0 Å². The van der Waals surface area contributed by atoms with Crippen LogP contribution in [-0.4, -0.2) is 41.8 Å². The number of fused-ring (bicyclic) bond motifs is 2. The van der Waals surface area contributed by atoms with Gasteiger partial charge in [0.2, 0.25) is 0 Å². The molecule has 1 aliphatic carbocycles. The van der Waals surface area contributed by atoms with Crippen LogP contribution in [0.25, 0.3) is 0 Å². The van der Waals surface area contributed by atoms with E-state index in [1.54, 1.807) is 0 Å². The molecule has 1 N–H and O–H groups in total. The van der Waals surface area contributed by atoms with E-state index < -0.39 is 6.10 Å². The van der Waals surface area contributed by atoms with Crippen molar-refractivity contribution in [1.82, 2.24) is 4.90 Å². The van der Waals surface area contributed by atoms with Crippen molar-refractivity contribution in [3.63, 3.8) is 0 Å². The lowest BCUT2D eigenvalue weighted by Gasteiger charge is -2.40. The number of benzene rings is 1. The van der Waals surface area contributed by atoms with Crippen molar-refractivity contribution < 1.29 is 9.84 Å². The summed E-state index contributed by atoms with van der Waals surface area (Å²) in [5.74, 6) is 0. The summed E-state index contributed by atoms with van der Waals surface area (Å²) < 4.78 is 5.69. The molecule has 1 saturated heterocycles. The molecule has 1 aromatic rings. The third-order valence-corrected chi connectivity index (χ3v) is 5.71. The van der Waals surface area contributed by atoms with Gasteiger partial charge in [0.05, 0.1) is 19.3 Å². The molecule has 134 valence electrons. The van der Waals surface area contributed by atoms with Crippen molar-refractivity contribution >= 4 is 11.6 Å². The molecule has 0 radical (unpaired) electrons. The van der Waals surface area contributed by atoms with Gasteiger partial charge < -0.3 is 9.84 Å². The largest absolute Gasteiger partial charge is 0.389 e. The number of nitrogens with zero attached hydrogens (tertiary/aromatic N) is 1. The van der Waals surface area contributed by atoms with Gasteiger partial charge in [0.25, 0.3) is 0 Å². The zero-order valence-electron chi connectivity index (χ0n) is 15.1. The zero-order valence-corrected chi connectivity index (χ0v) is 15.9. The monoisotopic (exact) mass is 351 g/mol. The van der Waals surface area contributed by atoms with Crippen molar-refractivity contribution in [3.8, 4) is 0 Å². The number of halogens is 1. The Bertz CT molecular complexity index is 559. The van der Waals surface area contributed by atoms with Crippen molar-refractivity contribution in [3.05, 3.63) is 34.9 Å². The number of hydrogen-bond donors (Lipinski definition) is 1. The second-order valence-electron chi connectivity index (χ2n) is 8.94. The van der Waals surface area contributed by atoms with Gasteiger partial charge in [-0.1, -0.05) is 44.5 Å². The third-order valence-electron chi connectivity index (χ3n) is 5.46. The Morgan fingerprint density at radius 1 is 1.25 bits per heavy atom. The maximum absolute atomic E-state index is 10.4. The third kappa shape index (κ3) is 4.51. The van der Waals surface area contributed by atoms with Gasteiger partial charge in [-0.05, 0) is 47.8 Å². The van der Waals surface area contributed by atoms with Crippen LogP contribution in [0.4, 0.5) is 0 Å². The standard InChI is InChI=1S/C20H30ClNO2/c1-19(2)8-17-9-20(3,13-19)14-22(17)10-18(23)12-24-11-15-4-6-16(21)7-5-15/h4-7,17-18,23H,8-14H2,1-3H3/t17-,18-,20-/m0/s1. The molecule has 0 unspecified atom stereocenters. The summed E-state index contributed by atoms with van der Waals surface area (Å²) in [6.07, 6.45) is 3.37. The lowest BCUT2D eigenvalue weighted by atomic mass is 9.65. The van der Waals surface area contributed by atoms with Crippen molar-refractivity contribution in [2.75, 3.05) is 19.7 Å². The number of aliphatic hydroxyl groups excluding tert-OH is 1. The van der Waals surface area contributed by atoms with Gasteiger partial charge in [-0.25, -0.2) is 0 Å². The van der Waals surface area contributed by atoms with Gasteiger partial charge in [-0.15, -0.1) is 0 Å². The second-order valence-corrected chi connectivity index (χ2v) is 9.38. The maximum Gasteiger partial charge on any atom is 0.0900 e. The maximum atomic E-state index is 10.4. The zero-order chi connectivity index (χ0) is 17.4. The first kappa shape index (κ1) is 18.2. The van der Waals surface area contributed by atoms with Crippen molar-refractivity contribution in [2.24, 2.45) is 10.8 Å². The van der Waals surface area contributed by atoms with Crippen molar-refractivity contribution in [1.29, 1.82) is 0 Å². The highest BCUT2D eigenvalue weighted by molar-refractivity contribution is 6.30. The average Bonchev–Trinajstić information content (AvgIpc) is 2.69. The number of hydrogen-bond acceptors (Lipinski definition) is 3. The smallest absolute Gasteiger partial charge is 0.0900 e. The van der Waals surface area contributed by atoms with Gasteiger partial charge in [0, 0.05) is 24.2 Å². The van der Waals surface area contributed by atoms with E-state index in [0.29, 0.717) is 30.1 Å². The summed E-state index contributed by atoms with van der Waals surface area (Å²) in [5.41, 5.74) is 1.91. The molecule has 0 spiro atoms. The fraction of sp³-hybridized carbons (Fsp3) is 0.700. The van der Waals surface area contributed by atoms with E-state index in [-0.39, 0.29) is 0 Å². The molecular formula is C20H30ClNO2. The summed E-state index contributed by atoms with van der Waals surface area (Å²) >= 11 is 5.88. The average molecular weight is 352 g/mol. The van der Waals surface area contributed by atoms with Crippen LogP contribution in [-0.2, 0) is 11.3 Å². The molecule has 3 rings (SSSR count). The van der Waals surface area contributed by atoms with E-state index in [1.165, 1.54) is 19.3 Å². The summed E-state index contributed by atoms with van der Waals surface area (Å²) in [6, 6.07) is 8.26. The molecule has 0 amide bonds. The van der Waals surface area contributed by atoms with Crippen LogP contribution in [0.1, 0.15) is 45.6 Å². The highest BCUT2D eigenvalue weighted by Crippen LogP contribution is 2.52. The highest BCUT2D eigenvalue weighted by Gasteiger charge is 2.49. The lowest BCUT2D eigenvalue weighted by Crippen LogP contribution is -2.39. The van der Waals surface area contributed by atoms with Gasteiger partial charge in [-0.2, -0.15) is 0 Å². The Balaban J connectivity index is 1.45. The first-order valence-electron chi connectivity index (χ1n) is 8.99. The molecule has 4 heteroatoms. The molecule has 1 aliphatic heterocycles. The molecule has 24 heavy (non-hydrogen) atoms. The molecule has 2 bridgehead atoms. The predicted molar refractivity (Wildman–Crippen MR) is 98.2 cm³/mol. The molecule has 1 aromatic carbocycles. The van der Waals surface area contributed by atoms with Crippen LogP contribution in [0.15, 0.2) is 24.3 Å². The molecular weight excluding hydrogens is 322 g/mol. The van der Waals surface area contributed by atoms with Crippen LogP contribution in [0.3, 0.4) is 0 Å². The first-order valence-corrected chi connectivity index (χ1v) is 9.37. The van der Waals surface area contributed by atoms with Gasteiger partial charge in [0.1, 0.15) is 0 Å². The topological polar surface area (TPSA) is 32.7 Å². The Morgan fingerprint density at radius 2 is 1.96 bits per heavy atom. The summed E-state index contributed by atoms with van der Waals surface area (Å²) in [5, 5.41) is 11.1. The second kappa shape index (κ2) is 6.95. The molecule has 0 aromatic heterocycles. The van der Waals surface area contributed by atoms with Gasteiger partial charge in [0.15, 0.2) is 0 Å². The number of β-amino-alcohol motifs (C(OH)–C–C–N with tert-alkyl or cyclic N) is 1. The lowest BCUT2D eigenvalue weighted by molar-refractivity contribution is 0.00606. The molecule has 1 heterocycles. The number of aliphatic hydroxyl groups is 1. The van der Waals surface area contributed by atoms with Crippen molar-refractivity contribution in [2.45, 2.75) is 58.8 Å². The van der Waals surface area contributed by atoms with E-state index in [9.17, 15) is 5.11 Å². The number of rotatable bonds is 6. The van der Waals surface area contributed by atoms with E-state index in [4.69, 9.17) is 16.3 Å². The minimum absolute atomic E-state index is 0.381. The minimum Gasteiger partial charge on any atom is -0.389 e. The first-order chi connectivity index (χ1) is 11.2. The normalized spacial score (nSPS) is 30.5. The fourth-order valence-electron chi connectivity index (χ4n) is 5.01. The summed E-state index contributed by atoms with van der Waals surface area (Å²) in [4.78, 5) is 2.49. The van der Waals surface area contributed by atoms with Gasteiger partial charge in [-0.3, -0.25) is 4.90 Å². The minimum atomic E-state index is -0.427.